The maximum Gasteiger partial charge on any atom is 0.155 e. The van der Waals surface area contributed by atoms with Crippen LogP contribution in [-0.2, 0) is 0 Å². The molecule has 104 valence electrons. The standard InChI is InChI=1S/C14H9Br2ClO3/c1-19-13-5-10(16)14(6-9(13)15)20-12-4-2-3-11(17)8(12)7-18/h2-7H,1H3. The van der Waals surface area contributed by atoms with E-state index >= 15 is 0 Å². The lowest BCUT2D eigenvalue weighted by molar-refractivity contribution is 0.112. The lowest BCUT2D eigenvalue weighted by Crippen LogP contribution is -1.93. The van der Waals surface area contributed by atoms with Gasteiger partial charge in [-0.05, 0) is 56.1 Å². The Hall–Kier alpha value is -1.04. The van der Waals surface area contributed by atoms with E-state index in [9.17, 15) is 4.79 Å². The van der Waals surface area contributed by atoms with Gasteiger partial charge in [0, 0.05) is 0 Å². The Morgan fingerprint density at radius 1 is 1.10 bits per heavy atom. The molecule has 0 radical (unpaired) electrons. The van der Waals surface area contributed by atoms with Gasteiger partial charge in [-0.1, -0.05) is 17.7 Å². The number of halogens is 3. The van der Waals surface area contributed by atoms with Gasteiger partial charge in [0.2, 0.25) is 0 Å². The quantitative estimate of drug-likeness (QED) is 0.615. The van der Waals surface area contributed by atoms with E-state index in [1.807, 2.05) is 0 Å². The largest absolute Gasteiger partial charge is 0.496 e. The second kappa shape index (κ2) is 6.61. The predicted octanol–water partition coefficient (Wildman–Crippen LogP) is 5.48. The average Bonchev–Trinajstić information content (AvgIpc) is 2.42. The molecule has 0 heterocycles. The van der Waals surface area contributed by atoms with E-state index in [0.29, 0.717) is 38.6 Å². The minimum atomic E-state index is 0.313. The monoisotopic (exact) mass is 418 g/mol. The van der Waals surface area contributed by atoms with Gasteiger partial charge >= 0.3 is 0 Å². The van der Waals surface area contributed by atoms with Gasteiger partial charge in [-0.25, -0.2) is 0 Å². The van der Waals surface area contributed by atoms with Crippen molar-refractivity contribution >= 4 is 49.7 Å². The molecule has 2 aromatic carbocycles. The summed E-state index contributed by atoms with van der Waals surface area (Å²) in [6, 6.07) is 8.55. The second-order valence-electron chi connectivity index (χ2n) is 3.79. The zero-order chi connectivity index (χ0) is 14.7. The van der Waals surface area contributed by atoms with Gasteiger partial charge in [-0.15, -0.1) is 0 Å². The van der Waals surface area contributed by atoms with Gasteiger partial charge < -0.3 is 9.47 Å². The minimum absolute atomic E-state index is 0.313. The molecule has 2 rings (SSSR count). The molecular weight excluding hydrogens is 411 g/mol. The maximum atomic E-state index is 11.1. The van der Waals surface area contributed by atoms with Crippen LogP contribution in [0.15, 0.2) is 39.3 Å². The number of ether oxygens (including phenoxy) is 2. The van der Waals surface area contributed by atoms with E-state index in [4.69, 9.17) is 21.1 Å². The molecule has 2 aromatic rings. The molecule has 0 atom stereocenters. The van der Waals surface area contributed by atoms with Crippen LogP contribution in [0.2, 0.25) is 5.02 Å². The topological polar surface area (TPSA) is 35.5 Å². The second-order valence-corrected chi connectivity index (χ2v) is 5.90. The van der Waals surface area contributed by atoms with Crippen molar-refractivity contribution in [2.75, 3.05) is 7.11 Å². The van der Waals surface area contributed by atoms with Gasteiger partial charge in [0.25, 0.3) is 0 Å². The molecule has 0 aliphatic rings. The first-order valence-corrected chi connectivity index (χ1v) is 7.47. The Bertz CT molecular complexity index is 659. The molecule has 6 heteroatoms. The van der Waals surface area contributed by atoms with Crippen LogP contribution in [-0.4, -0.2) is 13.4 Å². The molecule has 0 aromatic heterocycles. The molecule has 0 saturated heterocycles. The van der Waals surface area contributed by atoms with Gasteiger partial charge in [-0.3, -0.25) is 4.79 Å². The van der Waals surface area contributed by atoms with Gasteiger partial charge in [0.15, 0.2) is 6.29 Å². The summed E-state index contributed by atoms with van der Waals surface area (Å²) >= 11 is 12.7. The minimum Gasteiger partial charge on any atom is -0.496 e. The summed E-state index contributed by atoms with van der Waals surface area (Å²) < 4.78 is 12.4. The third-order valence-electron chi connectivity index (χ3n) is 2.56. The first-order valence-electron chi connectivity index (χ1n) is 5.51. The van der Waals surface area contributed by atoms with E-state index in [1.54, 1.807) is 37.4 Å². The van der Waals surface area contributed by atoms with Crippen molar-refractivity contribution in [1.29, 1.82) is 0 Å². The number of hydrogen-bond donors (Lipinski definition) is 0. The van der Waals surface area contributed by atoms with Crippen LogP contribution in [0.25, 0.3) is 0 Å². The molecule has 0 saturated carbocycles. The molecule has 0 N–H and O–H groups in total. The first kappa shape index (κ1) is 15.4. The van der Waals surface area contributed by atoms with Crippen molar-refractivity contribution in [2.45, 2.75) is 0 Å². The van der Waals surface area contributed by atoms with E-state index < -0.39 is 0 Å². The highest BCUT2D eigenvalue weighted by molar-refractivity contribution is 9.11. The molecule has 3 nitrogen and oxygen atoms in total. The van der Waals surface area contributed by atoms with Crippen LogP contribution in [0.1, 0.15) is 10.4 Å². The Balaban J connectivity index is 2.43. The number of carbonyl (C=O) groups excluding carboxylic acids is 1. The normalized spacial score (nSPS) is 10.2. The van der Waals surface area contributed by atoms with Crippen LogP contribution < -0.4 is 9.47 Å². The SMILES string of the molecule is COc1cc(Br)c(Oc2cccc(Cl)c2C=O)cc1Br. The molecule has 0 fully saturated rings. The number of carbonyl (C=O) groups is 1. The molecule has 20 heavy (non-hydrogen) atoms. The zero-order valence-corrected chi connectivity index (χ0v) is 14.3. The number of methoxy groups -OCH3 is 1. The molecule has 0 spiro atoms. The molecule has 0 amide bonds. The summed E-state index contributed by atoms with van der Waals surface area (Å²) in [7, 11) is 1.58. The van der Waals surface area contributed by atoms with Crippen molar-refractivity contribution in [1.82, 2.24) is 0 Å². The van der Waals surface area contributed by atoms with Crippen molar-refractivity contribution in [2.24, 2.45) is 0 Å². The van der Waals surface area contributed by atoms with Gasteiger partial charge in [0.1, 0.15) is 17.2 Å². The smallest absolute Gasteiger partial charge is 0.155 e. The van der Waals surface area contributed by atoms with Crippen molar-refractivity contribution < 1.29 is 14.3 Å². The molecular formula is C14H9Br2ClO3. The van der Waals surface area contributed by atoms with Crippen LogP contribution in [0, 0.1) is 0 Å². The summed E-state index contributed by atoms with van der Waals surface area (Å²) in [6.45, 7) is 0. The molecule has 0 aliphatic carbocycles. The number of benzene rings is 2. The summed E-state index contributed by atoms with van der Waals surface area (Å²) in [6.07, 6.45) is 0.671. The predicted molar refractivity (Wildman–Crippen MR) is 85.3 cm³/mol. The first-order chi connectivity index (χ1) is 9.56. The van der Waals surface area contributed by atoms with Crippen LogP contribution in [0.5, 0.6) is 17.2 Å². The van der Waals surface area contributed by atoms with Crippen LogP contribution >= 0.6 is 43.5 Å². The van der Waals surface area contributed by atoms with E-state index in [2.05, 4.69) is 31.9 Å². The highest BCUT2D eigenvalue weighted by Gasteiger charge is 2.12. The number of aldehydes is 1. The van der Waals surface area contributed by atoms with Crippen molar-refractivity contribution in [3.05, 3.63) is 49.9 Å². The summed E-state index contributed by atoms with van der Waals surface area (Å²) in [5, 5.41) is 0.348. The average molecular weight is 420 g/mol. The Labute approximate surface area is 138 Å². The Morgan fingerprint density at radius 2 is 1.75 bits per heavy atom. The van der Waals surface area contributed by atoms with Crippen LogP contribution in [0.3, 0.4) is 0 Å². The lowest BCUT2D eigenvalue weighted by Gasteiger charge is -2.12. The summed E-state index contributed by atoms with van der Waals surface area (Å²) in [5.74, 6) is 1.61. The Morgan fingerprint density at radius 3 is 2.40 bits per heavy atom. The maximum absolute atomic E-state index is 11.1. The lowest BCUT2D eigenvalue weighted by atomic mass is 10.2. The fourth-order valence-electron chi connectivity index (χ4n) is 1.58. The summed E-state index contributed by atoms with van der Waals surface area (Å²) in [4.78, 5) is 11.1. The van der Waals surface area contributed by atoms with E-state index in [-0.39, 0.29) is 0 Å². The molecule has 0 bridgehead atoms. The fraction of sp³-hybridized carbons (Fsp3) is 0.0714. The third kappa shape index (κ3) is 3.16. The highest BCUT2D eigenvalue weighted by Crippen LogP contribution is 2.39. The van der Waals surface area contributed by atoms with Crippen LogP contribution in [0.4, 0.5) is 0 Å². The number of hydrogen-bond acceptors (Lipinski definition) is 3. The van der Waals surface area contributed by atoms with Crippen molar-refractivity contribution in [3.63, 3.8) is 0 Å². The zero-order valence-electron chi connectivity index (χ0n) is 10.3. The molecule has 0 unspecified atom stereocenters. The molecule has 0 aliphatic heterocycles. The van der Waals surface area contributed by atoms with Gasteiger partial charge in [0.05, 0.1) is 26.6 Å². The fourth-order valence-corrected chi connectivity index (χ4v) is 2.68. The summed E-state index contributed by atoms with van der Waals surface area (Å²) in [5.41, 5.74) is 0.313. The van der Waals surface area contributed by atoms with E-state index in [0.717, 1.165) is 4.47 Å². The number of rotatable bonds is 4. The van der Waals surface area contributed by atoms with E-state index in [1.165, 1.54) is 0 Å². The van der Waals surface area contributed by atoms with Crippen molar-refractivity contribution in [3.8, 4) is 17.2 Å². The highest BCUT2D eigenvalue weighted by atomic mass is 79.9. The Kier molecular flexibility index (Phi) is 5.07. The third-order valence-corrected chi connectivity index (χ3v) is 4.13. The van der Waals surface area contributed by atoms with Gasteiger partial charge in [-0.2, -0.15) is 0 Å².